The number of carbonyl (C=O) groups is 1. The third-order valence-corrected chi connectivity index (χ3v) is 3.96. The van der Waals surface area contributed by atoms with Crippen molar-refractivity contribution in [3.63, 3.8) is 0 Å². The van der Waals surface area contributed by atoms with Crippen molar-refractivity contribution >= 4 is 40.5 Å². The van der Waals surface area contributed by atoms with Crippen molar-refractivity contribution in [3.8, 4) is 5.75 Å². The molecule has 2 N–H and O–H groups in total. The van der Waals surface area contributed by atoms with Gasteiger partial charge in [0.15, 0.2) is 0 Å². The van der Waals surface area contributed by atoms with Gasteiger partial charge >= 0.3 is 0 Å². The van der Waals surface area contributed by atoms with Crippen molar-refractivity contribution < 1.29 is 9.53 Å². The molecular weight excluding hydrogens is 347 g/mol. The summed E-state index contributed by atoms with van der Waals surface area (Å²) in [5, 5.41) is 6.85. The molecule has 0 heterocycles. The van der Waals surface area contributed by atoms with Gasteiger partial charge in [0.25, 0.3) is 0 Å². The Morgan fingerprint density at radius 3 is 2.75 bits per heavy atom. The second-order valence-corrected chi connectivity index (χ2v) is 6.23. The normalized spacial score (nSPS) is 11.7. The maximum atomic E-state index is 12.1. The van der Waals surface area contributed by atoms with Gasteiger partial charge in [-0.2, -0.15) is 0 Å². The van der Waals surface area contributed by atoms with Crippen LogP contribution in [0.4, 0.5) is 11.4 Å². The Morgan fingerprint density at radius 2 is 2.00 bits per heavy atom. The van der Waals surface area contributed by atoms with Crippen molar-refractivity contribution in [2.75, 3.05) is 17.2 Å². The van der Waals surface area contributed by atoms with E-state index in [1.54, 1.807) is 24.3 Å². The molecule has 2 aromatic rings. The Kier molecular flexibility index (Phi) is 6.76. The van der Waals surface area contributed by atoms with Crippen LogP contribution < -0.4 is 15.4 Å². The SMILES string of the molecule is CCC(C)Oc1cccc(NC(=O)CNc2cc(Cl)ccc2Cl)c1. The lowest BCUT2D eigenvalue weighted by atomic mass is 10.2. The fourth-order valence-corrected chi connectivity index (χ4v) is 2.33. The molecule has 2 rings (SSSR count). The van der Waals surface area contributed by atoms with Crippen LogP contribution in [-0.2, 0) is 4.79 Å². The molecule has 4 nitrogen and oxygen atoms in total. The van der Waals surface area contributed by atoms with Crippen molar-refractivity contribution in [2.24, 2.45) is 0 Å². The van der Waals surface area contributed by atoms with Crippen LogP contribution in [0.15, 0.2) is 42.5 Å². The predicted octanol–water partition coefficient (Wildman–Crippen LogP) is 5.22. The second kappa shape index (κ2) is 8.81. The number of anilines is 2. The Morgan fingerprint density at radius 1 is 1.21 bits per heavy atom. The van der Waals surface area contributed by atoms with Gasteiger partial charge in [0.1, 0.15) is 5.75 Å². The summed E-state index contributed by atoms with van der Waals surface area (Å²) in [7, 11) is 0. The standard InChI is InChI=1S/C18H20Cl2N2O2/c1-3-12(2)24-15-6-4-5-14(10-15)22-18(23)11-21-17-9-13(19)7-8-16(17)20/h4-10,12,21H,3,11H2,1-2H3,(H,22,23). The maximum Gasteiger partial charge on any atom is 0.243 e. The molecule has 0 spiro atoms. The van der Waals surface area contributed by atoms with Gasteiger partial charge in [-0.1, -0.05) is 36.2 Å². The minimum absolute atomic E-state index is 0.0799. The lowest BCUT2D eigenvalue weighted by molar-refractivity contribution is -0.114. The van der Waals surface area contributed by atoms with Crippen LogP contribution in [0.3, 0.4) is 0 Å². The van der Waals surface area contributed by atoms with Crippen LogP contribution in [0.2, 0.25) is 10.0 Å². The number of amides is 1. The molecule has 6 heteroatoms. The van der Waals surface area contributed by atoms with Gasteiger partial charge < -0.3 is 15.4 Å². The summed E-state index contributed by atoms with van der Waals surface area (Å²) in [6.45, 7) is 4.14. The molecule has 128 valence electrons. The van der Waals surface area contributed by atoms with Gasteiger partial charge in [-0.05, 0) is 43.7 Å². The average molecular weight is 367 g/mol. The molecule has 2 aromatic carbocycles. The fourth-order valence-electron chi connectivity index (χ4n) is 1.98. The Labute approximate surface area is 152 Å². The van der Waals surface area contributed by atoms with Gasteiger partial charge in [0, 0.05) is 16.8 Å². The fraction of sp³-hybridized carbons (Fsp3) is 0.278. The molecule has 0 aliphatic carbocycles. The Balaban J connectivity index is 1.92. The van der Waals surface area contributed by atoms with Crippen LogP contribution in [0.25, 0.3) is 0 Å². The van der Waals surface area contributed by atoms with E-state index in [2.05, 4.69) is 17.6 Å². The Bertz CT molecular complexity index is 707. The van der Waals surface area contributed by atoms with E-state index in [0.717, 1.165) is 12.2 Å². The van der Waals surface area contributed by atoms with E-state index in [-0.39, 0.29) is 18.6 Å². The molecule has 1 amide bonds. The quantitative estimate of drug-likeness (QED) is 0.705. The summed E-state index contributed by atoms with van der Waals surface area (Å²) < 4.78 is 5.74. The van der Waals surface area contributed by atoms with Crippen LogP contribution in [0.5, 0.6) is 5.75 Å². The number of hydrogen-bond acceptors (Lipinski definition) is 3. The highest BCUT2D eigenvalue weighted by atomic mass is 35.5. The zero-order chi connectivity index (χ0) is 17.5. The second-order valence-electron chi connectivity index (χ2n) is 5.39. The van der Waals surface area contributed by atoms with E-state index in [4.69, 9.17) is 27.9 Å². The minimum atomic E-state index is -0.188. The van der Waals surface area contributed by atoms with E-state index in [9.17, 15) is 4.79 Å². The molecule has 1 unspecified atom stereocenters. The highest BCUT2D eigenvalue weighted by molar-refractivity contribution is 6.35. The van der Waals surface area contributed by atoms with Crippen molar-refractivity contribution in [2.45, 2.75) is 26.4 Å². The molecular formula is C18H20Cl2N2O2. The zero-order valence-corrected chi connectivity index (χ0v) is 15.1. The summed E-state index contributed by atoms with van der Waals surface area (Å²) in [4.78, 5) is 12.1. The van der Waals surface area contributed by atoms with E-state index in [0.29, 0.717) is 21.4 Å². The molecule has 1 atom stereocenters. The van der Waals surface area contributed by atoms with E-state index < -0.39 is 0 Å². The van der Waals surface area contributed by atoms with E-state index in [1.165, 1.54) is 0 Å². The molecule has 0 fully saturated rings. The summed E-state index contributed by atoms with van der Waals surface area (Å²) in [6, 6.07) is 12.4. The molecule has 0 aliphatic rings. The highest BCUT2D eigenvalue weighted by Gasteiger charge is 2.07. The molecule has 0 aliphatic heterocycles. The van der Waals surface area contributed by atoms with Crippen molar-refractivity contribution in [1.29, 1.82) is 0 Å². The topological polar surface area (TPSA) is 50.4 Å². The number of carbonyl (C=O) groups excluding carboxylic acids is 1. The van der Waals surface area contributed by atoms with Gasteiger partial charge in [0.2, 0.25) is 5.91 Å². The van der Waals surface area contributed by atoms with Gasteiger partial charge in [-0.15, -0.1) is 0 Å². The average Bonchev–Trinajstić information content (AvgIpc) is 2.56. The minimum Gasteiger partial charge on any atom is -0.491 e. The van der Waals surface area contributed by atoms with Crippen LogP contribution in [-0.4, -0.2) is 18.6 Å². The summed E-state index contributed by atoms with van der Waals surface area (Å²) in [5.41, 5.74) is 1.30. The molecule has 0 saturated carbocycles. The maximum absolute atomic E-state index is 12.1. The van der Waals surface area contributed by atoms with Gasteiger partial charge in [0.05, 0.1) is 23.4 Å². The van der Waals surface area contributed by atoms with Gasteiger partial charge in [-0.3, -0.25) is 4.79 Å². The summed E-state index contributed by atoms with van der Waals surface area (Å²) >= 11 is 12.0. The summed E-state index contributed by atoms with van der Waals surface area (Å²) in [6.07, 6.45) is 1.04. The third kappa shape index (κ3) is 5.62. The first kappa shape index (κ1) is 18.4. The first-order valence-corrected chi connectivity index (χ1v) is 8.49. The smallest absolute Gasteiger partial charge is 0.243 e. The summed E-state index contributed by atoms with van der Waals surface area (Å²) in [5.74, 6) is 0.541. The van der Waals surface area contributed by atoms with Crippen LogP contribution in [0, 0.1) is 0 Å². The Hall–Kier alpha value is -1.91. The predicted molar refractivity (Wildman–Crippen MR) is 100 cm³/mol. The molecule has 0 radical (unpaired) electrons. The van der Waals surface area contributed by atoms with E-state index in [1.807, 2.05) is 25.1 Å². The monoisotopic (exact) mass is 366 g/mol. The van der Waals surface area contributed by atoms with Crippen LogP contribution in [0.1, 0.15) is 20.3 Å². The highest BCUT2D eigenvalue weighted by Crippen LogP contribution is 2.25. The number of halogens is 2. The lowest BCUT2D eigenvalue weighted by Crippen LogP contribution is -2.22. The van der Waals surface area contributed by atoms with Crippen molar-refractivity contribution in [1.82, 2.24) is 0 Å². The number of benzene rings is 2. The van der Waals surface area contributed by atoms with E-state index >= 15 is 0 Å². The first-order chi connectivity index (χ1) is 11.5. The largest absolute Gasteiger partial charge is 0.491 e. The number of nitrogens with one attached hydrogen (secondary N) is 2. The molecule has 24 heavy (non-hydrogen) atoms. The van der Waals surface area contributed by atoms with Crippen molar-refractivity contribution in [3.05, 3.63) is 52.5 Å². The van der Waals surface area contributed by atoms with Crippen LogP contribution >= 0.6 is 23.2 Å². The zero-order valence-electron chi connectivity index (χ0n) is 13.6. The van der Waals surface area contributed by atoms with Gasteiger partial charge in [-0.25, -0.2) is 0 Å². The number of ether oxygens (including phenoxy) is 1. The third-order valence-electron chi connectivity index (χ3n) is 3.40. The molecule has 0 saturated heterocycles. The number of hydrogen-bond donors (Lipinski definition) is 2. The number of rotatable bonds is 7. The molecule has 0 bridgehead atoms. The molecule has 0 aromatic heterocycles. The first-order valence-electron chi connectivity index (χ1n) is 7.73. The lowest BCUT2D eigenvalue weighted by Gasteiger charge is -2.14.